The van der Waals surface area contributed by atoms with Crippen LogP contribution in [0.3, 0.4) is 0 Å². The minimum atomic E-state index is -3.56. The van der Waals surface area contributed by atoms with E-state index < -0.39 is 10.0 Å². The van der Waals surface area contributed by atoms with Crippen LogP contribution in [0.5, 0.6) is 0 Å². The third kappa shape index (κ3) is 3.52. The summed E-state index contributed by atoms with van der Waals surface area (Å²) in [6.07, 6.45) is 0. The van der Waals surface area contributed by atoms with Gasteiger partial charge in [0.15, 0.2) is 0 Å². The second kappa shape index (κ2) is 6.70. The third-order valence-electron chi connectivity index (χ3n) is 3.25. The lowest BCUT2D eigenvalue weighted by Crippen LogP contribution is -2.36. The van der Waals surface area contributed by atoms with Gasteiger partial charge in [-0.25, -0.2) is 8.42 Å². The molecule has 0 bridgehead atoms. The van der Waals surface area contributed by atoms with Gasteiger partial charge in [0, 0.05) is 24.0 Å². The Bertz CT molecular complexity index is 679. The van der Waals surface area contributed by atoms with Crippen LogP contribution in [0.4, 0.5) is 0 Å². The van der Waals surface area contributed by atoms with Crippen molar-refractivity contribution in [1.29, 1.82) is 0 Å². The summed E-state index contributed by atoms with van der Waals surface area (Å²) in [7, 11) is -3.56. The van der Waals surface area contributed by atoms with E-state index in [1.54, 1.807) is 35.6 Å². The van der Waals surface area contributed by atoms with E-state index in [1.807, 2.05) is 31.4 Å². The molecule has 1 heterocycles. The first-order valence-corrected chi connectivity index (χ1v) is 9.11. The molecule has 0 unspecified atom stereocenters. The number of hydrogen-bond acceptors (Lipinski definition) is 4. The Morgan fingerprint density at radius 3 is 2.48 bits per heavy atom. The minimum Gasteiger partial charge on any atom is -0.326 e. The van der Waals surface area contributed by atoms with E-state index in [1.165, 1.54) is 4.31 Å². The second-order valence-corrected chi connectivity index (χ2v) is 7.93. The maximum atomic E-state index is 13.0. The number of nitrogens with two attached hydrogens (primary N) is 1. The Balaban J connectivity index is 2.42. The fourth-order valence-corrected chi connectivity index (χ4v) is 4.79. The van der Waals surface area contributed by atoms with Crippen molar-refractivity contribution < 1.29 is 8.42 Å². The van der Waals surface area contributed by atoms with Crippen molar-refractivity contribution in [1.82, 2.24) is 4.31 Å². The van der Waals surface area contributed by atoms with Crippen molar-refractivity contribution in [2.45, 2.75) is 37.9 Å². The Labute approximate surface area is 130 Å². The molecule has 0 atom stereocenters. The molecule has 114 valence electrons. The van der Waals surface area contributed by atoms with Gasteiger partial charge in [-0.15, -0.1) is 11.3 Å². The molecule has 0 aliphatic carbocycles. The molecule has 0 saturated carbocycles. The van der Waals surface area contributed by atoms with E-state index in [-0.39, 0.29) is 12.6 Å². The van der Waals surface area contributed by atoms with Crippen LogP contribution in [0.1, 0.15) is 24.3 Å². The van der Waals surface area contributed by atoms with Gasteiger partial charge in [0.2, 0.25) is 10.0 Å². The van der Waals surface area contributed by atoms with Crippen LogP contribution in [-0.4, -0.2) is 18.8 Å². The van der Waals surface area contributed by atoms with E-state index in [0.29, 0.717) is 17.0 Å². The number of thiophene rings is 1. The smallest absolute Gasteiger partial charge is 0.243 e. The summed E-state index contributed by atoms with van der Waals surface area (Å²) >= 11 is 1.56. The molecule has 1 aromatic carbocycles. The lowest BCUT2D eigenvalue weighted by atomic mass is 10.2. The second-order valence-electron chi connectivity index (χ2n) is 5.04. The molecule has 1 aromatic heterocycles. The molecular weight excluding hydrogens is 304 g/mol. The van der Waals surface area contributed by atoms with Crippen LogP contribution in [0.2, 0.25) is 0 Å². The summed E-state index contributed by atoms with van der Waals surface area (Å²) in [5.41, 5.74) is 6.33. The van der Waals surface area contributed by atoms with Gasteiger partial charge in [-0.05, 0) is 36.9 Å². The van der Waals surface area contributed by atoms with Crippen LogP contribution in [-0.2, 0) is 23.1 Å². The van der Waals surface area contributed by atoms with Crippen molar-refractivity contribution in [3.63, 3.8) is 0 Å². The molecule has 2 aromatic rings. The van der Waals surface area contributed by atoms with Gasteiger partial charge >= 0.3 is 0 Å². The first kappa shape index (κ1) is 16.2. The maximum absolute atomic E-state index is 13.0. The number of sulfonamides is 1. The van der Waals surface area contributed by atoms with E-state index in [0.717, 1.165) is 4.88 Å². The SMILES string of the molecule is CC(C)N(Cc1cccs1)S(=O)(=O)c1ccccc1CN. The van der Waals surface area contributed by atoms with Crippen LogP contribution >= 0.6 is 11.3 Å². The Morgan fingerprint density at radius 2 is 1.90 bits per heavy atom. The topological polar surface area (TPSA) is 63.4 Å². The average Bonchev–Trinajstić information content (AvgIpc) is 2.97. The minimum absolute atomic E-state index is 0.122. The van der Waals surface area contributed by atoms with Crippen molar-refractivity contribution in [2.75, 3.05) is 0 Å². The zero-order valence-electron chi connectivity index (χ0n) is 12.2. The van der Waals surface area contributed by atoms with Crippen LogP contribution in [0.15, 0.2) is 46.7 Å². The summed E-state index contributed by atoms with van der Waals surface area (Å²) < 4.78 is 27.4. The fraction of sp³-hybridized carbons (Fsp3) is 0.333. The Hall–Kier alpha value is -1.21. The molecule has 0 aliphatic heterocycles. The zero-order chi connectivity index (χ0) is 15.5. The molecule has 21 heavy (non-hydrogen) atoms. The van der Waals surface area contributed by atoms with Gasteiger partial charge < -0.3 is 5.73 Å². The van der Waals surface area contributed by atoms with Crippen LogP contribution in [0.25, 0.3) is 0 Å². The van der Waals surface area contributed by atoms with Crippen molar-refractivity contribution in [3.05, 3.63) is 52.2 Å². The molecular formula is C15H20N2O2S2. The Kier molecular flexibility index (Phi) is 5.16. The van der Waals surface area contributed by atoms with Gasteiger partial charge in [0.25, 0.3) is 0 Å². The number of benzene rings is 1. The van der Waals surface area contributed by atoms with Gasteiger partial charge in [-0.3, -0.25) is 0 Å². The van der Waals surface area contributed by atoms with Gasteiger partial charge in [-0.1, -0.05) is 24.3 Å². The summed E-state index contributed by atoms with van der Waals surface area (Å²) in [6.45, 7) is 4.36. The highest BCUT2D eigenvalue weighted by molar-refractivity contribution is 7.89. The van der Waals surface area contributed by atoms with Crippen molar-refractivity contribution >= 4 is 21.4 Å². The van der Waals surface area contributed by atoms with E-state index >= 15 is 0 Å². The highest BCUT2D eigenvalue weighted by atomic mass is 32.2. The molecule has 4 nitrogen and oxygen atoms in total. The quantitative estimate of drug-likeness (QED) is 0.888. The standard InChI is InChI=1S/C15H20N2O2S2/c1-12(2)17(11-14-7-5-9-20-14)21(18,19)15-8-4-3-6-13(15)10-16/h3-9,12H,10-11,16H2,1-2H3. The van der Waals surface area contributed by atoms with Gasteiger partial charge in [-0.2, -0.15) is 4.31 Å². The highest BCUT2D eigenvalue weighted by Gasteiger charge is 2.29. The molecule has 2 N–H and O–H groups in total. The monoisotopic (exact) mass is 324 g/mol. The fourth-order valence-electron chi connectivity index (χ4n) is 2.15. The molecule has 0 amide bonds. The molecule has 0 aliphatic rings. The molecule has 6 heteroatoms. The molecule has 0 fully saturated rings. The molecule has 2 rings (SSSR count). The predicted molar refractivity (Wildman–Crippen MR) is 86.5 cm³/mol. The maximum Gasteiger partial charge on any atom is 0.243 e. The summed E-state index contributed by atoms with van der Waals surface area (Å²) in [6, 6.07) is 10.7. The number of hydrogen-bond donors (Lipinski definition) is 1. The van der Waals surface area contributed by atoms with Crippen molar-refractivity contribution in [2.24, 2.45) is 5.73 Å². The van der Waals surface area contributed by atoms with Gasteiger partial charge in [0.1, 0.15) is 0 Å². The van der Waals surface area contributed by atoms with E-state index in [2.05, 4.69) is 0 Å². The largest absolute Gasteiger partial charge is 0.326 e. The average molecular weight is 324 g/mol. The Morgan fingerprint density at radius 1 is 1.19 bits per heavy atom. The molecule has 0 spiro atoms. The summed E-state index contributed by atoms with van der Waals surface area (Å²) in [5.74, 6) is 0. The normalized spacial score (nSPS) is 12.2. The lowest BCUT2D eigenvalue weighted by Gasteiger charge is -2.26. The predicted octanol–water partition coefficient (Wildman–Crippen LogP) is 2.81. The zero-order valence-corrected chi connectivity index (χ0v) is 13.8. The first-order chi connectivity index (χ1) is 9.96. The van der Waals surface area contributed by atoms with Crippen molar-refractivity contribution in [3.8, 4) is 0 Å². The third-order valence-corrected chi connectivity index (χ3v) is 6.23. The molecule has 0 radical (unpaired) electrons. The number of rotatable bonds is 6. The summed E-state index contributed by atoms with van der Waals surface area (Å²) in [4.78, 5) is 1.33. The lowest BCUT2D eigenvalue weighted by molar-refractivity contribution is 0.350. The first-order valence-electron chi connectivity index (χ1n) is 6.79. The van der Waals surface area contributed by atoms with E-state index in [4.69, 9.17) is 5.73 Å². The molecule has 0 saturated heterocycles. The van der Waals surface area contributed by atoms with Crippen LogP contribution in [0, 0.1) is 0 Å². The van der Waals surface area contributed by atoms with Gasteiger partial charge in [0.05, 0.1) is 4.90 Å². The highest BCUT2D eigenvalue weighted by Crippen LogP contribution is 2.25. The summed E-state index contributed by atoms with van der Waals surface area (Å²) in [5, 5.41) is 1.95. The number of nitrogens with zero attached hydrogens (tertiary/aromatic N) is 1. The van der Waals surface area contributed by atoms with E-state index in [9.17, 15) is 8.42 Å². The van der Waals surface area contributed by atoms with Crippen LogP contribution < -0.4 is 5.73 Å².